The first-order valence-electron chi connectivity index (χ1n) is 14.0. The molecule has 0 spiro atoms. The second-order valence-corrected chi connectivity index (χ2v) is 10.8. The fraction of sp³-hybridized carbons (Fsp3) is 0.533. The number of carbonyl (C=O) groups is 1. The number of benzene rings is 2. The monoisotopic (exact) mass is 533 g/mol. The third-order valence-corrected chi connectivity index (χ3v) is 8.31. The number of carbonyl (C=O) groups excluding carboxylic acids is 1. The van der Waals surface area contributed by atoms with Crippen molar-refractivity contribution in [3.63, 3.8) is 0 Å². The summed E-state index contributed by atoms with van der Waals surface area (Å²) in [6, 6.07) is 19.5. The van der Waals surface area contributed by atoms with Gasteiger partial charge in [0, 0.05) is 56.8 Å². The number of nitrogens with zero attached hydrogens (tertiary/aromatic N) is 4. The number of non-ortho nitro benzene ring substituents is 1. The maximum atomic E-state index is 12.1. The Morgan fingerprint density at radius 3 is 2.41 bits per heavy atom. The Morgan fingerprint density at radius 1 is 1.18 bits per heavy atom. The van der Waals surface area contributed by atoms with Crippen LogP contribution in [0.3, 0.4) is 0 Å². The molecule has 1 N–H and O–H groups in total. The zero-order valence-electron chi connectivity index (χ0n) is 22.9. The number of nitriles is 1. The van der Waals surface area contributed by atoms with Crippen molar-refractivity contribution in [2.75, 3.05) is 44.7 Å². The molecule has 2 aliphatic heterocycles. The van der Waals surface area contributed by atoms with Gasteiger partial charge in [-0.15, -0.1) is 0 Å². The third-order valence-electron chi connectivity index (χ3n) is 8.31. The van der Waals surface area contributed by atoms with E-state index in [0.717, 1.165) is 69.7 Å². The highest BCUT2D eigenvalue weighted by Gasteiger charge is 2.45. The van der Waals surface area contributed by atoms with Crippen LogP contribution in [-0.2, 0) is 10.2 Å². The number of nitro benzene ring substituents is 1. The molecule has 2 atom stereocenters. The summed E-state index contributed by atoms with van der Waals surface area (Å²) in [4.78, 5) is 27.4. The van der Waals surface area contributed by atoms with Gasteiger partial charge in [0.15, 0.2) is 0 Å². The SMILES string of the molecule is CCCC(CC(C#N)(c1ccccc1)C1CCN(CC2CN(c3ccc([N+](=O)[O-])cc3)C2)CC1)OC(=O)NC. The number of piperidine rings is 1. The predicted molar refractivity (Wildman–Crippen MR) is 151 cm³/mol. The first-order chi connectivity index (χ1) is 18.9. The molecule has 0 saturated carbocycles. The fourth-order valence-corrected chi connectivity index (χ4v) is 6.21. The van der Waals surface area contributed by atoms with Gasteiger partial charge in [-0.25, -0.2) is 4.79 Å². The van der Waals surface area contributed by atoms with Gasteiger partial charge in [0.2, 0.25) is 0 Å². The Hall–Kier alpha value is -3.64. The number of anilines is 1. The Morgan fingerprint density at radius 2 is 1.85 bits per heavy atom. The van der Waals surface area contributed by atoms with Crippen LogP contribution in [0.4, 0.5) is 16.2 Å². The van der Waals surface area contributed by atoms with Crippen LogP contribution in [-0.4, -0.2) is 61.8 Å². The molecule has 39 heavy (non-hydrogen) atoms. The van der Waals surface area contributed by atoms with Crippen LogP contribution in [0.1, 0.15) is 44.6 Å². The van der Waals surface area contributed by atoms with E-state index in [9.17, 15) is 20.2 Å². The van der Waals surface area contributed by atoms with Crippen molar-refractivity contribution in [1.29, 1.82) is 5.26 Å². The van der Waals surface area contributed by atoms with Gasteiger partial charge in [0.05, 0.1) is 16.4 Å². The number of ether oxygens (including phenoxy) is 1. The van der Waals surface area contributed by atoms with E-state index in [1.54, 1.807) is 19.2 Å². The molecule has 208 valence electrons. The minimum Gasteiger partial charge on any atom is -0.446 e. The van der Waals surface area contributed by atoms with Crippen molar-refractivity contribution in [2.45, 2.75) is 50.5 Å². The van der Waals surface area contributed by atoms with Gasteiger partial charge < -0.3 is 19.9 Å². The number of alkyl carbamates (subject to hydrolysis) is 1. The van der Waals surface area contributed by atoms with E-state index < -0.39 is 11.5 Å². The van der Waals surface area contributed by atoms with Crippen LogP contribution in [0.5, 0.6) is 0 Å². The van der Waals surface area contributed by atoms with Crippen molar-refractivity contribution in [3.05, 3.63) is 70.3 Å². The second kappa shape index (κ2) is 12.9. The summed E-state index contributed by atoms with van der Waals surface area (Å²) in [6.45, 7) is 6.84. The number of hydrogen-bond donors (Lipinski definition) is 1. The van der Waals surface area contributed by atoms with Gasteiger partial charge in [-0.05, 0) is 56.0 Å². The largest absolute Gasteiger partial charge is 0.446 e. The summed E-state index contributed by atoms with van der Waals surface area (Å²) in [5, 5.41) is 24.1. The highest BCUT2D eigenvalue weighted by molar-refractivity contribution is 5.66. The van der Waals surface area contributed by atoms with Gasteiger partial charge in [0.1, 0.15) is 6.10 Å². The number of likely N-dealkylation sites (tertiary alicyclic amines) is 1. The molecule has 1 amide bonds. The molecule has 0 bridgehead atoms. The molecule has 9 nitrogen and oxygen atoms in total. The van der Waals surface area contributed by atoms with Gasteiger partial charge in [-0.3, -0.25) is 10.1 Å². The molecule has 2 unspecified atom stereocenters. The predicted octanol–water partition coefficient (Wildman–Crippen LogP) is 5.12. The van der Waals surface area contributed by atoms with Crippen molar-refractivity contribution >= 4 is 17.5 Å². The van der Waals surface area contributed by atoms with Gasteiger partial charge in [0.25, 0.3) is 5.69 Å². The van der Waals surface area contributed by atoms with Crippen molar-refractivity contribution in [2.24, 2.45) is 11.8 Å². The fourth-order valence-electron chi connectivity index (χ4n) is 6.21. The van der Waals surface area contributed by atoms with Crippen LogP contribution in [0.15, 0.2) is 54.6 Å². The number of nitro groups is 1. The van der Waals surface area contributed by atoms with Gasteiger partial charge >= 0.3 is 6.09 Å². The van der Waals surface area contributed by atoms with E-state index >= 15 is 0 Å². The molecule has 2 aromatic rings. The van der Waals surface area contributed by atoms with Crippen LogP contribution in [0.25, 0.3) is 0 Å². The van der Waals surface area contributed by atoms with Gasteiger partial charge in [-0.2, -0.15) is 5.26 Å². The summed E-state index contributed by atoms with van der Waals surface area (Å²) < 4.78 is 5.72. The normalized spacial score (nSPS) is 18.8. The molecule has 2 heterocycles. The number of nitrogens with one attached hydrogen (secondary N) is 1. The highest BCUT2D eigenvalue weighted by atomic mass is 16.6. The van der Waals surface area contributed by atoms with E-state index in [4.69, 9.17) is 4.74 Å². The molecule has 2 saturated heterocycles. The number of hydrogen-bond acceptors (Lipinski definition) is 7. The molecular weight excluding hydrogens is 494 g/mol. The first kappa shape index (κ1) is 28.4. The zero-order chi connectivity index (χ0) is 27.8. The Kier molecular flexibility index (Phi) is 9.41. The van der Waals surface area contributed by atoms with E-state index in [-0.39, 0.29) is 22.6 Å². The minimum absolute atomic E-state index is 0.115. The van der Waals surface area contributed by atoms with Crippen molar-refractivity contribution in [1.82, 2.24) is 10.2 Å². The summed E-state index contributed by atoms with van der Waals surface area (Å²) in [7, 11) is 1.56. The van der Waals surface area contributed by atoms with Crippen LogP contribution in [0, 0.1) is 33.3 Å². The number of amides is 1. The lowest BCUT2D eigenvalue weighted by Gasteiger charge is -2.46. The average Bonchev–Trinajstić information content (AvgIpc) is 2.94. The zero-order valence-corrected chi connectivity index (χ0v) is 22.9. The molecular formula is C30H39N5O4. The molecule has 2 aromatic carbocycles. The van der Waals surface area contributed by atoms with Crippen LogP contribution >= 0.6 is 0 Å². The molecule has 4 rings (SSSR count). The first-order valence-corrected chi connectivity index (χ1v) is 14.0. The maximum Gasteiger partial charge on any atom is 0.407 e. The molecule has 0 aromatic heterocycles. The highest BCUT2D eigenvalue weighted by Crippen LogP contribution is 2.43. The lowest BCUT2D eigenvalue weighted by atomic mass is 9.64. The smallest absolute Gasteiger partial charge is 0.407 e. The van der Waals surface area contributed by atoms with Crippen LogP contribution in [0.2, 0.25) is 0 Å². The lowest BCUT2D eigenvalue weighted by molar-refractivity contribution is -0.384. The molecule has 0 radical (unpaired) electrons. The molecule has 2 aliphatic rings. The van der Waals surface area contributed by atoms with E-state index in [1.807, 2.05) is 42.5 Å². The third kappa shape index (κ3) is 6.69. The van der Waals surface area contributed by atoms with Crippen LogP contribution < -0.4 is 10.2 Å². The summed E-state index contributed by atoms with van der Waals surface area (Å²) in [5.41, 5.74) is 1.43. The maximum absolute atomic E-state index is 12.1. The molecule has 2 fully saturated rings. The minimum atomic E-state index is -0.718. The van der Waals surface area contributed by atoms with Gasteiger partial charge in [-0.1, -0.05) is 43.7 Å². The number of rotatable bonds is 11. The molecule has 9 heteroatoms. The summed E-state index contributed by atoms with van der Waals surface area (Å²) in [5.74, 6) is 0.730. The average molecular weight is 534 g/mol. The van der Waals surface area contributed by atoms with Crippen molar-refractivity contribution < 1.29 is 14.5 Å². The topological polar surface area (TPSA) is 112 Å². The Balaban J connectivity index is 1.37. The van der Waals surface area contributed by atoms with E-state index in [1.165, 1.54) is 0 Å². The van der Waals surface area contributed by atoms with E-state index in [0.29, 0.717) is 12.3 Å². The lowest BCUT2D eigenvalue weighted by Crippen LogP contribution is -2.53. The summed E-state index contributed by atoms with van der Waals surface area (Å²) in [6.07, 6.45) is 3.14. The molecule has 0 aliphatic carbocycles. The Bertz CT molecular complexity index is 1140. The quantitative estimate of drug-likeness (QED) is 0.315. The Labute approximate surface area is 230 Å². The second-order valence-electron chi connectivity index (χ2n) is 10.8. The van der Waals surface area contributed by atoms with Crippen molar-refractivity contribution in [3.8, 4) is 6.07 Å². The van der Waals surface area contributed by atoms with E-state index in [2.05, 4.69) is 28.1 Å². The summed E-state index contributed by atoms with van der Waals surface area (Å²) >= 11 is 0. The standard InChI is InChI=1S/C30H39N5O4/c1-3-7-28(39-29(36)32-2)18-30(22-31,24-8-5-4-6-9-24)25-14-16-33(17-15-25)19-23-20-34(21-23)26-10-12-27(13-11-26)35(37)38/h4-6,8-13,23,25,28H,3,7,14-21H2,1-2H3,(H,32,36).